The van der Waals surface area contributed by atoms with Crippen LogP contribution in [0.5, 0.6) is 0 Å². The van der Waals surface area contributed by atoms with Crippen molar-refractivity contribution in [2.75, 3.05) is 17.3 Å². The highest BCUT2D eigenvalue weighted by atomic mass is 35.5. The fourth-order valence-electron chi connectivity index (χ4n) is 3.26. The van der Waals surface area contributed by atoms with Crippen molar-refractivity contribution in [1.82, 2.24) is 20.2 Å². The summed E-state index contributed by atoms with van der Waals surface area (Å²) in [6.45, 7) is 1.72. The number of hydrogen-bond donors (Lipinski definition) is 3. The zero-order valence-corrected chi connectivity index (χ0v) is 19.4. The van der Waals surface area contributed by atoms with Crippen LogP contribution in [0.3, 0.4) is 0 Å². The Morgan fingerprint density at radius 3 is 2.53 bits per heavy atom. The van der Waals surface area contributed by atoms with Gasteiger partial charge in [-0.2, -0.15) is 23.3 Å². The third-order valence-electron chi connectivity index (χ3n) is 4.81. The molecule has 0 spiro atoms. The summed E-state index contributed by atoms with van der Waals surface area (Å²) in [5.41, 5.74) is 0.537. The largest absolute Gasteiger partial charge is 0.416 e. The van der Waals surface area contributed by atoms with E-state index >= 15 is 0 Å². The van der Waals surface area contributed by atoms with E-state index in [1.54, 1.807) is 31.0 Å². The van der Waals surface area contributed by atoms with Crippen LogP contribution < -0.4 is 15.4 Å². The number of nitrogens with zero attached hydrogens (tertiary/aromatic N) is 4. The molecule has 2 aromatic carbocycles. The van der Waals surface area contributed by atoms with E-state index < -0.39 is 21.8 Å². The SMILES string of the molecule is Cc1cc(Nc2nccc(N(C)c3n[nH]c4cc(C(F)(F)F)ccc34)n2)cc(S(N)(=O)=O)c1.Cl. The van der Waals surface area contributed by atoms with Gasteiger partial charge < -0.3 is 10.2 Å². The van der Waals surface area contributed by atoms with Gasteiger partial charge in [-0.05, 0) is 55.0 Å². The monoisotopic (exact) mass is 513 g/mol. The lowest BCUT2D eigenvalue weighted by atomic mass is 10.1. The highest BCUT2D eigenvalue weighted by Gasteiger charge is 2.31. The van der Waals surface area contributed by atoms with Crippen molar-refractivity contribution in [3.63, 3.8) is 0 Å². The number of aromatic amines is 1. The molecule has 0 saturated carbocycles. The van der Waals surface area contributed by atoms with Gasteiger partial charge in [-0.15, -0.1) is 12.4 Å². The molecule has 9 nitrogen and oxygen atoms in total. The summed E-state index contributed by atoms with van der Waals surface area (Å²) in [5.74, 6) is 0.945. The van der Waals surface area contributed by atoms with Crippen molar-refractivity contribution in [3.05, 3.63) is 59.8 Å². The number of nitrogens with two attached hydrogens (primary N) is 1. The third-order valence-corrected chi connectivity index (χ3v) is 5.70. The Labute approximate surface area is 198 Å². The molecule has 4 aromatic rings. The van der Waals surface area contributed by atoms with Crippen LogP contribution in [-0.4, -0.2) is 35.6 Å². The van der Waals surface area contributed by atoms with E-state index in [0.717, 1.165) is 12.1 Å². The lowest BCUT2D eigenvalue weighted by molar-refractivity contribution is -0.137. The first-order valence-electron chi connectivity index (χ1n) is 9.45. The summed E-state index contributed by atoms with van der Waals surface area (Å²) >= 11 is 0. The van der Waals surface area contributed by atoms with Crippen LogP contribution in [0.15, 0.2) is 53.6 Å². The maximum Gasteiger partial charge on any atom is 0.416 e. The minimum absolute atomic E-state index is 0. The zero-order chi connectivity index (χ0) is 24.0. The molecule has 34 heavy (non-hydrogen) atoms. The van der Waals surface area contributed by atoms with Crippen LogP contribution in [0.4, 0.5) is 36.4 Å². The average molecular weight is 514 g/mol. The van der Waals surface area contributed by atoms with Crippen molar-refractivity contribution >= 4 is 56.6 Å². The number of nitrogens with one attached hydrogen (secondary N) is 2. The Kier molecular flexibility index (Phi) is 6.73. The van der Waals surface area contributed by atoms with Gasteiger partial charge in [0.15, 0.2) is 5.82 Å². The highest BCUT2D eigenvalue weighted by molar-refractivity contribution is 7.89. The molecule has 14 heteroatoms. The lowest BCUT2D eigenvalue weighted by Gasteiger charge is -2.17. The van der Waals surface area contributed by atoms with Crippen LogP contribution in [0.2, 0.25) is 0 Å². The fraction of sp³-hybridized carbons (Fsp3) is 0.150. The molecule has 0 aliphatic heterocycles. The van der Waals surface area contributed by atoms with Gasteiger partial charge in [-0.3, -0.25) is 5.10 Å². The molecule has 4 rings (SSSR count). The molecule has 0 bridgehead atoms. The van der Waals surface area contributed by atoms with E-state index in [4.69, 9.17) is 5.14 Å². The Balaban J connectivity index is 0.00000324. The van der Waals surface area contributed by atoms with E-state index in [0.29, 0.717) is 28.3 Å². The number of benzene rings is 2. The smallest absolute Gasteiger partial charge is 0.324 e. The van der Waals surface area contributed by atoms with E-state index in [2.05, 4.69) is 25.5 Å². The Bertz CT molecular complexity index is 1460. The van der Waals surface area contributed by atoms with Gasteiger partial charge in [-0.25, -0.2) is 18.5 Å². The number of rotatable bonds is 5. The van der Waals surface area contributed by atoms with Crippen molar-refractivity contribution in [3.8, 4) is 0 Å². The second-order valence-electron chi connectivity index (χ2n) is 7.31. The van der Waals surface area contributed by atoms with Gasteiger partial charge in [0.05, 0.1) is 16.0 Å². The van der Waals surface area contributed by atoms with Gasteiger partial charge in [0.2, 0.25) is 16.0 Å². The molecule has 0 unspecified atom stereocenters. The van der Waals surface area contributed by atoms with Gasteiger partial charge >= 0.3 is 6.18 Å². The number of aromatic nitrogens is 4. The van der Waals surface area contributed by atoms with Gasteiger partial charge in [0.25, 0.3) is 0 Å². The number of H-pyrrole nitrogens is 1. The van der Waals surface area contributed by atoms with E-state index in [1.807, 2.05) is 0 Å². The third kappa shape index (κ3) is 5.21. The number of anilines is 4. The number of halogens is 4. The van der Waals surface area contributed by atoms with Crippen molar-refractivity contribution in [1.29, 1.82) is 0 Å². The van der Waals surface area contributed by atoms with Crippen molar-refractivity contribution in [2.45, 2.75) is 18.0 Å². The summed E-state index contributed by atoms with van der Waals surface area (Å²) in [5, 5.41) is 15.4. The van der Waals surface area contributed by atoms with Crippen LogP contribution in [0.25, 0.3) is 10.9 Å². The van der Waals surface area contributed by atoms with E-state index in [1.165, 1.54) is 24.4 Å². The topological polar surface area (TPSA) is 130 Å². The molecule has 0 amide bonds. The molecule has 0 aliphatic carbocycles. The Hall–Kier alpha value is -3.42. The molecule has 0 aliphatic rings. The maximum atomic E-state index is 13.0. The molecule has 0 radical (unpaired) electrons. The maximum absolute atomic E-state index is 13.0. The van der Waals surface area contributed by atoms with E-state index in [9.17, 15) is 21.6 Å². The average Bonchev–Trinajstić information content (AvgIpc) is 3.15. The quantitative estimate of drug-likeness (QED) is 0.363. The van der Waals surface area contributed by atoms with Crippen molar-refractivity contribution in [2.24, 2.45) is 5.14 Å². The number of fused-ring (bicyclic) bond motifs is 1. The first-order chi connectivity index (χ1) is 15.4. The van der Waals surface area contributed by atoms with Gasteiger partial charge in [0, 0.05) is 24.3 Å². The first-order valence-corrected chi connectivity index (χ1v) is 11.0. The Morgan fingerprint density at radius 2 is 1.85 bits per heavy atom. The summed E-state index contributed by atoms with van der Waals surface area (Å²) in [7, 11) is -2.24. The van der Waals surface area contributed by atoms with Crippen LogP contribution >= 0.6 is 12.4 Å². The molecule has 2 aromatic heterocycles. The summed E-state index contributed by atoms with van der Waals surface area (Å²) in [6, 6.07) is 9.43. The predicted molar refractivity (Wildman–Crippen MR) is 124 cm³/mol. The highest BCUT2D eigenvalue weighted by Crippen LogP contribution is 2.34. The lowest BCUT2D eigenvalue weighted by Crippen LogP contribution is -2.14. The van der Waals surface area contributed by atoms with Crippen LogP contribution in [-0.2, 0) is 16.2 Å². The second kappa shape index (κ2) is 9.08. The molecule has 2 heterocycles. The summed E-state index contributed by atoms with van der Waals surface area (Å²) in [6.07, 6.45) is -2.98. The molecule has 4 N–H and O–H groups in total. The van der Waals surface area contributed by atoms with Crippen LogP contribution in [0, 0.1) is 6.92 Å². The Morgan fingerprint density at radius 1 is 1.12 bits per heavy atom. The predicted octanol–water partition coefficient (Wildman–Crippen LogP) is 4.26. The van der Waals surface area contributed by atoms with Crippen molar-refractivity contribution < 1.29 is 21.6 Å². The van der Waals surface area contributed by atoms with Gasteiger partial charge in [-0.1, -0.05) is 0 Å². The number of aryl methyl sites for hydroxylation is 1. The van der Waals surface area contributed by atoms with E-state index in [-0.39, 0.29) is 28.8 Å². The second-order valence-corrected chi connectivity index (χ2v) is 8.87. The number of primary sulfonamides is 1. The molecular weight excluding hydrogens is 495 g/mol. The number of sulfonamides is 1. The molecule has 0 atom stereocenters. The fourth-order valence-corrected chi connectivity index (χ4v) is 3.90. The summed E-state index contributed by atoms with van der Waals surface area (Å²) < 4.78 is 62.3. The first kappa shape index (κ1) is 25.2. The number of alkyl halides is 3. The molecular formula is C20H19ClF3N7O2S. The standard InChI is InChI=1S/C20H18F3N7O2S.ClH/c1-11-7-13(10-14(8-11)33(24,31)32)26-19-25-6-5-17(27-19)30(2)18-15-4-3-12(20(21,22)23)9-16(15)28-29-18;/h3-10H,1-2H3,(H,28,29)(H2,24,31,32)(H,25,26,27);1H. The minimum atomic E-state index is -4.46. The molecule has 0 fully saturated rings. The van der Waals surface area contributed by atoms with Crippen LogP contribution in [0.1, 0.15) is 11.1 Å². The molecule has 0 saturated heterocycles. The molecule has 180 valence electrons. The van der Waals surface area contributed by atoms with Gasteiger partial charge in [0.1, 0.15) is 5.82 Å². The minimum Gasteiger partial charge on any atom is -0.324 e. The summed E-state index contributed by atoms with van der Waals surface area (Å²) in [4.78, 5) is 10.1. The zero-order valence-electron chi connectivity index (χ0n) is 17.8. The normalized spacial score (nSPS) is 11.8. The number of hydrogen-bond acceptors (Lipinski definition) is 7.